The second kappa shape index (κ2) is 8.45. The first-order valence-electron chi connectivity index (χ1n) is 9.71. The number of nitrogens with one attached hydrogen (secondary N) is 1. The maximum absolute atomic E-state index is 13.5. The monoisotopic (exact) mass is 406 g/mol. The number of hydrogen-bond donors (Lipinski definition) is 1. The number of rotatable bonds is 4. The molecule has 0 radical (unpaired) electrons. The van der Waals surface area contributed by atoms with Gasteiger partial charge in [0.25, 0.3) is 0 Å². The highest BCUT2D eigenvalue weighted by Crippen LogP contribution is 2.36. The Labute approximate surface area is 175 Å². The molecule has 0 fully saturated rings. The van der Waals surface area contributed by atoms with Gasteiger partial charge in [-0.15, -0.1) is 0 Å². The third-order valence-electron chi connectivity index (χ3n) is 5.39. The Morgan fingerprint density at radius 1 is 1.00 bits per heavy atom. The number of carbonyl (C=O) groups is 1. The van der Waals surface area contributed by atoms with E-state index in [1.807, 2.05) is 42.5 Å². The quantitative estimate of drug-likeness (QED) is 0.650. The minimum atomic E-state index is -0.425. The molecule has 0 saturated heterocycles. The highest BCUT2D eigenvalue weighted by molar-refractivity contribution is 5.91. The molecule has 0 saturated carbocycles. The third kappa shape index (κ3) is 3.94. The molecule has 1 N–H and O–H groups in total. The fourth-order valence-corrected chi connectivity index (χ4v) is 3.83. The van der Waals surface area contributed by atoms with Gasteiger partial charge in [-0.3, -0.25) is 0 Å². The molecular formula is C24H23FN2O3. The molecule has 0 bridgehead atoms. The summed E-state index contributed by atoms with van der Waals surface area (Å²) in [6.07, 6.45) is 0.692. The molecule has 154 valence electrons. The van der Waals surface area contributed by atoms with E-state index >= 15 is 0 Å². The molecule has 1 aliphatic rings. The molecular weight excluding hydrogens is 383 g/mol. The normalized spacial score (nSPS) is 15.3. The molecule has 4 rings (SSSR count). The molecule has 5 nitrogen and oxygen atoms in total. The minimum Gasteiger partial charge on any atom is -0.497 e. The molecule has 2 amide bonds. The molecule has 6 heteroatoms. The van der Waals surface area contributed by atoms with Crippen molar-refractivity contribution in [3.8, 4) is 11.5 Å². The summed E-state index contributed by atoms with van der Waals surface area (Å²) >= 11 is 0. The smallest absolute Gasteiger partial charge is 0.322 e. The zero-order valence-electron chi connectivity index (χ0n) is 16.9. The average Bonchev–Trinajstić information content (AvgIpc) is 2.79. The van der Waals surface area contributed by atoms with Crippen molar-refractivity contribution in [3.63, 3.8) is 0 Å². The Bertz CT molecular complexity index is 1060. The van der Waals surface area contributed by atoms with Gasteiger partial charge < -0.3 is 19.7 Å². The number of nitrogens with zero attached hydrogens (tertiary/aromatic N) is 1. The zero-order chi connectivity index (χ0) is 21.1. The summed E-state index contributed by atoms with van der Waals surface area (Å²) in [5.41, 5.74) is 3.71. The number of halogens is 1. The average molecular weight is 406 g/mol. The molecule has 1 aliphatic heterocycles. The lowest BCUT2D eigenvalue weighted by atomic mass is 9.90. The number of urea groups is 1. The van der Waals surface area contributed by atoms with Gasteiger partial charge in [-0.1, -0.05) is 36.4 Å². The number of methoxy groups -OCH3 is 2. The number of anilines is 1. The van der Waals surface area contributed by atoms with Gasteiger partial charge in [0.05, 0.1) is 25.9 Å². The Morgan fingerprint density at radius 3 is 2.53 bits per heavy atom. The van der Waals surface area contributed by atoms with Gasteiger partial charge in [0, 0.05) is 12.6 Å². The fourth-order valence-electron chi connectivity index (χ4n) is 3.83. The topological polar surface area (TPSA) is 50.8 Å². The predicted octanol–water partition coefficient (Wildman–Crippen LogP) is 5.17. The standard InChI is InChI=1S/C24H23FN2O3/c1-29-20-10-8-17-13-22(16-6-4-3-5-7-16)27(15-18(17)12-20)24(28)26-21-11-9-19(25)14-23(21)30-2/h3-12,14,22H,13,15H2,1-2H3,(H,26,28). The highest BCUT2D eigenvalue weighted by Gasteiger charge is 2.31. The molecule has 0 aromatic heterocycles. The first kappa shape index (κ1) is 19.8. The van der Waals surface area contributed by atoms with Gasteiger partial charge in [-0.25, -0.2) is 9.18 Å². The Hall–Kier alpha value is -3.54. The first-order valence-corrected chi connectivity index (χ1v) is 9.71. The van der Waals surface area contributed by atoms with Gasteiger partial charge in [0.1, 0.15) is 17.3 Å². The number of hydrogen-bond acceptors (Lipinski definition) is 3. The van der Waals surface area contributed by atoms with Gasteiger partial charge in [-0.05, 0) is 47.4 Å². The maximum atomic E-state index is 13.5. The predicted molar refractivity (Wildman–Crippen MR) is 113 cm³/mol. The van der Waals surface area contributed by atoms with E-state index in [-0.39, 0.29) is 17.8 Å². The van der Waals surface area contributed by atoms with E-state index in [9.17, 15) is 9.18 Å². The van der Waals surface area contributed by atoms with E-state index in [4.69, 9.17) is 9.47 Å². The van der Waals surface area contributed by atoms with Gasteiger partial charge in [-0.2, -0.15) is 0 Å². The Morgan fingerprint density at radius 2 is 1.80 bits per heavy atom. The summed E-state index contributed by atoms with van der Waals surface area (Å²) in [4.78, 5) is 15.1. The molecule has 0 aliphatic carbocycles. The number of ether oxygens (including phenoxy) is 2. The number of benzene rings is 3. The van der Waals surface area contributed by atoms with Crippen molar-refractivity contribution in [3.05, 3.63) is 89.2 Å². The van der Waals surface area contributed by atoms with Gasteiger partial charge in [0.2, 0.25) is 0 Å². The van der Waals surface area contributed by atoms with Crippen LogP contribution in [-0.4, -0.2) is 25.2 Å². The third-order valence-corrected chi connectivity index (χ3v) is 5.39. The largest absolute Gasteiger partial charge is 0.497 e. The summed E-state index contributed by atoms with van der Waals surface area (Å²) < 4.78 is 24.1. The van der Waals surface area contributed by atoms with Gasteiger partial charge in [0.15, 0.2) is 0 Å². The molecule has 1 heterocycles. The van der Waals surface area contributed by atoms with Gasteiger partial charge >= 0.3 is 6.03 Å². The number of carbonyl (C=O) groups excluding carboxylic acids is 1. The summed E-state index contributed by atoms with van der Waals surface area (Å²) in [6.45, 7) is 0.432. The van der Waals surface area contributed by atoms with E-state index in [0.29, 0.717) is 18.7 Å². The van der Waals surface area contributed by atoms with Crippen LogP contribution in [0.15, 0.2) is 66.7 Å². The fraction of sp³-hybridized carbons (Fsp3) is 0.208. The maximum Gasteiger partial charge on any atom is 0.322 e. The van der Waals surface area contributed by atoms with Crippen LogP contribution in [-0.2, 0) is 13.0 Å². The lowest BCUT2D eigenvalue weighted by molar-refractivity contribution is 0.176. The van der Waals surface area contributed by atoms with Crippen molar-refractivity contribution in [1.82, 2.24) is 4.90 Å². The molecule has 3 aromatic carbocycles. The number of fused-ring (bicyclic) bond motifs is 1. The van der Waals surface area contributed by atoms with E-state index in [2.05, 4.69) is 11.4 Å². The van der Waals surface area contributed by atoms with Crippen molar-refractivity contribution in [2.75, 3.05) is 19.5 Å². The summed E-state index contributed by atoms with van der Waals surface area (Å²) in [7, 11) is 3.07. The van der Waals surface area contributed by atoms with E-state index in [1.54, 1.807) is 12.0 Å². The van der Waals surface area contributed by atoms with Crippen molar-refractivity contribution < 1.29 is 18.7 Å². The van der Waals surface area contributed by atoms with Crippen LogP contribution in [0.2, 0.25) is 0 Å². The molecule has 0 spiro atoms. The second-order valence-corrected chi connectivity index (χ2v) is 7.17. The summed E-state index contributed by atoms with van der Waals surface area (Å²) in [6, 6.07) is 19.6. The first-order chi connectivity index (χ1) is 14.6. The van der Waals surface area contributed by atoms with Crippen molar-refractivity contribution in [2.45, 2.75) is 19.0 Å². The lowest BCUT2D eigenvalue weighted by Gasteiger charge is -2.37. The number of amides is 2. The SMILES string of the molecule is COc1ccc2c(c1)CN(C(=O)Nc1ccc(F)cc1OC)C(c1ccccc1)C2. The van der Waals surface area contributed by atoms with Crippen LogP contribution in [0.25, 0.3) is 0 Å². The molecule has 3 aromatic rings. The van der Waals surface area contributed by atoms with Crippen molar-refractivity contribution in [1.29, 1.82) is 0 Å². The highest BCUT2D eigenvalue weighted by atomic mass is 19.1. The van der Waals surface area contributed by atoms with E-state index in [1.165, 1.54) is 30.9 Å². The van der Waals surface area contributed by atoms with Crippen LogP contribution in [0, 0.1) is 5.82 Å². The molecule has 1 atom stereocenters. The molecule has 1 unspecified atom stereocenters. The Kier molecular flexibility index (Phi) is 5.57. The van der Waals surface area contributed by atoms with Crippen LogP contribution in [0.1, 0.15) is 22.7 Å². The summed E-state index contributed by atoms with van der Waals surface area (Å²) in [5, 5.41) is 2.88. The van der Waals surface area contributed by atoms with Crippen LogP contribution in [0.3, 0.4) is 0 Å². The molecule has 30 heavy (non-hydrogen) atoms. The zero-order valence-corrected chi connectivity index (χ0v) is 16.9. The second-order valence-electron chi connectivity index (χ2n) is 7.17. The van der Waals surface area contributed by atoms with E-state index in [0.717, 1.165) is 16.9 Å². The van der Waals surface area contributed by atoms with Crippen LogP contribution in [0.4, 0.5) is 14.9 Å². The van der Waals surface area contributed by atoms with Crippen molar-refractivity contribution in [2.24, 2.45) is 0 Å². The summed E-state index contributed by atoms with van der Waals surface area (Å²) in [5.74, 6) is 0.608. The Balaban J connectivity index is 1.68. The minimum absolute atomic E-state index is 0.126. The van der Waals surface area contributed by atoms with Crippen LogP contribution in [0.5, 0.6) is 11.5 Å². The van der Waals surface area contributed by atoms with E-state index < -0.39 is 5.82 Å². The van der Waals surface area contributed by atoms with Crippen LogP contribution >= 0.6 is 0 Å². The van der Waals surface area contributed by atoms with Crippen molar-refractivity contribution >= 4 is 11.7 Å². The lowest BCUT2D eigenvalue weighted by Crippen LogP contribution is -2.41. The van der Waals surface area contributed by atoms with Crippen LogP contribution < -0.4 is 14.8 Å².